The van der Waals surface area contributed by atoms with Crippen LogP contribution in [0.3, 0.4) is 0 Å². The molecule has 1 amide bonds. The number of rotatable bonds is 3. The highest BCUT2D eigenvalue weighted by Gasteiger charge is 2.50. The maximum Gasteiger partial charge on any atom is 0.225 e. The lowest BCUT2D eigenvalue weighted by atomic mass is 9.76. The van der Waals surface area contributed by atoms with E-state index in [0.29, 0.717) is 12.1 Å². The largest absolute Gasteiger partial charge is 0.349 e. The van der Waals surface area contributed by atoms with Gasteiger partial charge in [-0.25, -0.2) is 8.78 Å². The van der Waals surface area contributed by atoms with E-state index in [1.165, 1.54) is 12.1 Å². The van der Waals surface area contributed by atoms with Crippen molar-refractivity contribution in [3.05, 3.63) is 35.4 Å². The number of likely N-dealkylation sites (tertiary alicyclic amines) is 1. The highest BCUT2D eigenvalue weighted by atomic mass is 19.1. The average molecular weight is 322 g/mol. The van der Waals surface area contributed by atoms with Gasteiger partial charge in [0.2, 0.25) is 5.91 Å². The Bertz CT molecular complexity index is 605. The molecule has 2 atom stereocenters. The first-order valence-electron chi connectivity index (χ1n) is 8.29. The third-order valence-electron chi connectivity index (χ3n) is 5.51. The van der Waals surface area contributed by atoms with Crippen LogP contribution in [-0.2, 0) is 11.3 Å². The minimum atomic E-state index is -0.406. The summed E-state index contributed by atoms with van der Waals surface area (Å²) in [4.78, 5) is 16.3. The maximum absolute atomic E-state index is 13.8. The van der Waals surface area contributed by atoms with Crippen molar-refractivity contribution in [1.29, 1.82) is 0 Å². The second-order valence-electron chi connectivity index (χ2n) is 7.24. The second kappa shape index (κ2) is 6.19. The highest BCUT2D eigenvalue weighted by Crippen LogP contribution is 2.50. The van der Waals surface area contributed by atoms with Crippen molar-refractivity contribution in [2.45, 2.75) is 32.2 Å². The predicted octanol–water partition coefficient (Wildman–Crippen LogP) is 3.05. The summed E-state index contributed by atoms with van der Waals surface area (Å²) in [7, 11) is 3.62. The van der Waals surface area contributed by atoms with Gasteiger partial charge in [0.25, 0.3) is 0 Å². The fourth-order valence-corrected chi connectivity index (χ4v) is 4.35. The van der Waals surface area contributed by atoms with Crippen molar-refractivity contribution in [1.82, 2.24) is 9.80 Å². The molecule has 1 aliphatic carbocycles. The Hall–Kier alpha value is -1.49. The predicted molar refractivity (Wildman–Crippen MR) is 84.7 cm³/mol. The summed E-state index contributed by atoms with van der Waals surface area (Å²) in [6, 6.07) is 3.61. The molecule has 0 bridgehead atoms. The molecule has 0 radical (unpaired) electrons. The Labute approximate surface area is 136 Å². The maximum atomic E-state index is 13.8. The first-order valence-corrected chi connectivity index (χ1v) is 8.29. The molecule has 1 saturated heterocycles. The molecule has 1 aromatic rings. The van der Waals surface area contributed by atoms with Gasteiger partial charge >= 0.3 is 0 Å². The van der Waals surface area contributed by atoms with Crippen LogP contribution in [-0.4, -0.2) is 42.9 Å². The molecule has 1 spiro atoms. The Morgan fingerprint density at radius 2 is 2.13 bits per heavy atom. The SMILES string of the molecule is CN(C)C(=O)[C@H]1CCC[C@]12CCN(Cc1cc(F)ccc1F)C2. The monoisotopic (exact) mass is 322 g/mol. The van der Waals surface area contributed by atoms with Gasteiger partial charge in [0.15, 0.2) is 0 Å². The number of amides is 1. The first-order chi connectivity index (χ1) is 10.9. The van der Waals surface area contributed by atoms with Gasteiger partial charge in [0.05, 0.1) is 0 Å². The van der Waals surface area contributed by atoms with Gasteiger partial charge in [-0.05, 0) is 49.4 Å². The molecule has 23 heavy (non-hydrogen) atoms. The zero-order valence-electron chi connectivity index (χ0n) is 13.8. The van der Waals surface area contributed by atoms with Gasteiger partial charge in [-0.3, -0.25) is 9.69 Å². The summed E-state index contributed by atoms with van der Waals surface area (Å²) in [5.74, 6) is -0.488. The fraction of sp³-hybridized carbons (Fsp3) is 0.611. The third kappa shape index (κ3) is 3.11. The van der Waals surface area contributed by atoms with E-state index >= 15 is 0 Å². The minimum absolute atomic E-state index is 0.0190. The Morgan fingerprint density at radius 3 is 2.87 bits per heavy atom. The lowest BCUT2D eigenvalue weighted by Crippen LogP contribution is -2.40. The van der Waals surface area contributed by atoms with Gasteiger partial charge in [0.1, 0.15) is 11.6 Å². The van der Waals surface area contributed by atoms with Gasteiger partial charge in [-0.2, -0.15) is 0 Å². The van der Waals surface area contributed by atoms with Crippen molar-refractivity contribution in [2.75, 3.05) is 27.2 Å². The molecule has 2 aliphatic rings. The summed E-state index contributed by atoms with van der Waals surface area (Å²) >= 11 is 0. The smallest absolute Gasteiger partial charge is 0.225 e. The van der Waals surface area contributed by atoms with Gasteiger partial charge in [-0.15, -0.1) is 0 Å². The minimum Gasteiger partial charge on any atom is -0.349 e. The molecule has 1 aliphatic heterocycles. The van der Waals surface area contributed by atoms with E-state index in [1.807, 2.05) is 14.1 Å². The lowest BCUT2D eigenvalue weighted by Gasteiger charge is -2.32. The van der Waals surface area contributed by atoms with E-state index in [2.05, 4.69) is 4.90 Å². The number of nitrogens with zero attached hydrogens (tertiary/aromatic N) is 2. The van der Waals surface area contributed by atoms with Crippen LogP contribution in [0.4, 0.5) is 8.78 Å². The first kappa shape index (κ1) is 16.4. The molecule has 0 aromatic heterocycles. The number of hydrogen-bond donors (Lipinski definition) is 0. The standard InChI is InChI=1S/C18H24F2N2O/c1-21(2)17(23)15-4-3-7-18(15)8-9-22(12-18)11-13-10-14(19)5-6-16(13)20/h5-6,10,15H,3-4,7-9,11-12H2,1-2H3/t15-,18-/m1/s1. The van der Waals surface area contributed by atoms with Crippen LogP contribution >= 0.6 is 0 Å². The van der Waals surface area contributed by atoms with Gasteiger partial charge in [-0.1, -0.05) is 6.42 Å². The summed E-state index contributed by atoms with van der Waals surface area (Å²) < 4.78 is 27.2. The van der Waals surface area contributed by atoms with Crippen LogP contribution in [0.25, 0.3) is 0 Å². The molecular formula is C18H24F2N2O. The van der Waals surface area contributed by atoms with E-state index in [4.69, 9.17) is 0 Å². The molecular weight excluding hydrogens is 298 g/mol. The van der Waals surface area contributed by atoms with Gasteiger partial charge in [0, 0.05) is 38.7 Å². The van der Waals surface area contributed by atoms with E-state index < -0.39 is 5.82 Å². The number of carbonyl (C=O) groups excluding carboxylic acids is 1. The van der Waals surface area contributed by atoms with Crippen LogP contribution in [0.5, 0.6) is 0 Å². The molecule has 126 valence electrons. The Balaban J connectivity index is 1.72. The van der Waals surface area contributed by atoms with E-state index in [-0.39, 0.29) is 23.1 Å². The molecule has 2 fully saturated rings. The molecule has 1 aromatic carbocycles. The van der Waals surface area contributed by atoms with Crippen molar-refractivity contribution in [3.63, 3.8) is 0 Å². The van der Waals surface area contributed by atoms with Crippen molar-refractivity contribution < 1.29 is 13.6 Å². The van der Waals surface area contributed by atoms with Crippen LogP contribution < -0.4 is 0 Å². The second-order valence-corrected chi connectivity index (χ2v) is 7.24. The molecule has 3 nitrogen and oxygen atoms in total. The van der Waals surface area contributed by atoms with E-state index in [0.717, 1.165) is 44.8 Å². The van der Waals surface area contributed by atoms with Crippen LogP contribution in [0.2, 0.25) is 0 Å². The zero-order chi connectivity index (χ0) is 16.6. The summed E-state index contributed by atoms with van der Waals surface area (Å²) in [5, 5.41) is 0. The van der Waals surface area contributed by atoms with Crippen LogP contribution in [0.15, 0.2) is 18.2 Å². The summed E-state index contributed by atoms with van der Waals surface area (Å²) in [5.41, 5.74) is 0.418. The molecule has 3 rings (SSSR count). The van der Waals surface area contributed by atoms with Crippen LogP contribution in [0.1, 0.15) is 31.2 Å². The molecule has 5 heteroatoms. The molecule has 0 unspecified atom stereocenters. The molecule has 0 N–H and O–H groups in total. The quantitative estimate of drug-likeness (QED) is 0.854. The highest BCUT2D eigenvalue weighted by molar-refractivity contribution is 5.79. The van der Waals surface area contributed by atoms with Crippen LogP contribution in [0, 0.1) is 23.0 Å². The van der Waals surface area contributed by atoms with Crippen molar-refractivity contribution in [3.8, 4) is 0 Å². The fourth-order valence-electron chi connectivity index (χ4n) is 4.35. The van der Waals surface area contributed by atoms with E-state index in [1.54, 1.807) is 4.90 Å². The molecule has 1 heterocycles. The lowest BCUT2D eigenvalue weighted by molar-refractivity contribution is -0.136. The molecule has 1 saturated carbocycles. The van der Waals surface area contributed by atoms with E-state index in [9.17, 15) is 13.6 Å². The normalized spacial score (nSPS) is 27.7. The van der Waals surface area contributed by atoms with Crippen molar-refractivity contribution in [2.24, 2.45) is 11.3 Å². The number of carbonyl (C=O) groups is 1. The summed E-state index contributed by atoms with van der Waals surface area (Å²) in [6.07, 6.45) is 4.04. The summed E-state index contributed by atoms with van der Waals surface area (Å²) in [6.45, 7) is 2.05. The van der Waals surface area contributed by atoms with Crippen molar-refractivity contribution >= 4 is 5.91 Å². The number of hydrogen-bond acceptors (Lipinski definition) is 2. The zero-order valence-corrected chi connectivity index (χ0v) is 13.8. The number of halogens is 2. The average Bonchev–Trinajstić information content (AvgIpc) is 3.10. The Kier molecular flexibility index (Phi) is 4.41. The topological polar surface area (TPSA) is 23.6 Å². The Morgan fingerprint density at radius 1 is 1.35 bits per heavy atom. The van der Waals surface area contributed by atoms with Gasteiger partial charge < -0.3 is 4.90 Å². The number of benzene rings is 1. The third-order valence-corrected chi connectivity index (χ3v) is 5.51.